The molecule has 1 saturated heterocycles. The SMILES string of the molecule is Cc1cc(N2CCC(c3cccc(C(=O)O)c3F)C2)ccc1Cl. The van der Waals surface area contributed by atoms with Crippen molar-refractivity contribution in [3.8, 4) is 0 Å². The van der Waals surface area contributed by atoms with E-state index in [1.165, 1.54) is 6.07 Å². The number of aromatic carboxylic acids is 1. The van der Waals surface area contributed by atoms with Gasteiger partial charge < -0.3 is 10.0 Å². The Morgan fingerprint density at radius 1 is 1.35 bits per heavy atom. The number of halogens is 2. The van der Waals surface area contributed by atoms with E-state index in [1.54, 1.807) is 12.1 Å². The van der Waals surface area contributed by atoms with Crippen molar-refractivity contribution in [1.82, 2.24) is 0 Å². The van der Waals surface area contributed by atoms with Gasteiger partial charge in [0.25, 0.3) is 0 Å². The van der Waals surface area contributed by atoms with Gasteiger partial charge in [-0.1, -0.05) is 23.7 Å². The molecule has 0 amide bonds. The van der Waals surface area contributed by atoms with Crippen LogP contribution in [0.2, 0.25) is 5.02 Å². The first-order valence-corrected chi connectivity index (χ1v) is 7.88. The van der Waals surface area contributed by atoms with E-state index < -0.39 is 11.8 Å². The molecule has 23 heavy (non-hydrogen) atoms. The van der Waals surface area contributed by atoms with E-state index in [-0.39, 0.29) is 11.5 Å². The summed E-state index contributed by atoms with van der Waals surface area (Å²) >= 11 is 6.06. The number of carboxylic acid groups (broad SMARTS) is 1. The topological polar surface area (TPSA) is 40.5 Å². The minimum Gasteiger partial charge on any atom is -0.478 e. The molecule has 3 rings (SSSR count). The summed E-state index contributed by atoms with van der Waals surface area (Å²) in [7, 11) is 0. The Labute approximate surface area is 139 Å². The fraction of sp³-hybridized carbons (Fsp3) is 0.278. The van der Waals surface area contributed by atoms with Crippen LogP contribution in [0.25, 0.3) is 0 Å². The van der Waals surface area contributed by atoms with Gasteiger partial charge in [0.1, 0.15) is 5.82 Å². The summed E-state index contributed by atoms with van der Waals surface area (Å²) in [5.41, 5.74) is 2.29. The molecule has 2 aromatic carbocycles. The number of hydrogen-bond acceptors (Lipinski definition) is 2. The summed E-state index contributed by atoms with van der Waals surface area (Å²) < 4.78 is 14.4. The average Bonchev–Trinajstić information content (AvgIpc) is 2.99. The minimum atomic E-state index is -1.23. The lowest BCUT2D eigenvalue weighted by Crippen LogP contribution is -2.19. The molecule has 1 unspecified atom stereocenters. The fourth-order valence-corrected chi connectivity index (χ4v) is 3.22. The third-order valence-electron chi connectivity index (χ3n) is 4.39. The monoisotopic (exact) mass is 333 g/mol. The van der Waals surface area contributed by atoms with Crippen LogP contribution in [0.5, 0.6) is 0 Å². The van der Waals surface area contributed by atoms with E-state index in [4.69, 9.17) is 16.7 Å². The smallest absolute Gasteiger partial charge is 0.338 e. The van der Waals surface area contributed by atoms with E-state index in [1.807, 2.05) is 25.1 Å². The van der Waals surface area contributed by atoms with Gasteiger partial charge in [0.2, 0.25) is 0 Å². The van der Waals surface area contributed by atoms with Crippen LogP contribution < -0.4 is 4.90 Å². The maximum absolute atomic E-state index is 14.4. The van der Waals surface area contributed by atoms with Gasteiger partial charge in [-0.15, -0.1) is 0 Å². The largest absolute Gasteiger partial charge is 0.478 e. The first kappa shape index (κ1) is 15.8. The summed E-state index contributed by atoms with van der Waals surface area (Å²) in [6.45, 7) is 3.43. The van der Waals surface area contributed by atoms with Crippen LogP contribution >= 0.6 is 11.6 Å². The van der Waals surface area contributed by atoms with Crippen LogP contribution in [-0.2, 0) is 0 Å². The van der Waals surface area contributed by atoms with Crippen molar-refractivity contribution >= 4 is 23.3 Å². The molecule has 1 heterocycles. The molecule has 0 bridgehead atoms. The standard InChI is InChI=1S/C18H17ClFNO2/c1-11-9-13(5-6-16(11)19)21-8-7-12(10-21)14-3-2-4-15(17(14)20)18(22)23/h2-6,9,12H,7-8,10H2,1H3,(H,22,23). The molecular formula is C18H17ClFNO2. The molecule has 0 aromatic heterocycles. The number of anilines is 1. The summed E-state index contributed by atoms with van der Waals surface area (Å²) in [4.78, 5) is 13.3. The van der Waals surface area contributed by atoms with Crippen LogP contribution in [0.15, 0.2) is 36.4 Å². The van der Waals surface area contributed by atoms with Gasteiger partial charge in [-0.25, -0.2) is 9.18 Å². The predicted molar refractivity (Wildman–Crippen MR) is 89.1 cm³/mol. The Kier molecular flexibility index (Phi) is 4.26. The Hall–Kier alpha value is -2.07. The molecule has 3 nitrogen and oxygen atoms in total. The molecule has 0 spiro atoms. The number of aryl methyl sites for hydroxylation is 1. The van der Waals surface area contributed by atoms with Crippen molar-refractivity contribution in [2.45, 2.75) is 19.3 Å². The van der Waals surface area contributed by atoms with Gasteiger partial charge in [-0.3, -0.25) is 0 Å². The second kappa shape index (κ2) is 6.20. The van der Waals surface area contributed by atoms with E-state index in [2.05, 4.69) is 4.90 Å². The number of nitrogens with zero attached hydrogens (tertiary/aromatic N) is 1. The predicted octanol–water partition coefficient (Wildman–Crippen LogP) is 4.48. The number of rotatable bonds is 3. The molecule has 0 aliphatic carbocycles. The minimum absolute atomic E-state index is 0.00900. The van der Waals surface area contributed by atoms with E-state index in [9.17, 15) is 9.18 Å². The third kappa shape index (κ3) is 3.04. The Bertz CT molecular complexity index is 763. The quantitative estimate of drug-likeness (QED) is 0.900. The lowest BCUT2D eigenvalue weighted by Gasteiger charge is -2.20. The van der Waals surface area contributed by atoms with Crippen molar-refractivity contribution in [2.24, 2.45) is 0 Å². The molecule has 2 aromatic rings. The van der Waals surface area contributed by atoms with Gasteiger partial charge in [0, 0.05) is 29.7 Å². The molecule has 1 aliphatic heterocycles. The van der Waals surface area contributed by atoms with Crippen molar-refractivity contribution in [3.05, 3.63) is 63.9 Å². The lowest BCUT2D eigenvalue weighted by molar-refractivity contribution is 0.0691. The number of hydrogen-bond donors (Lipinski definition) is 1. The second-order valence-corrected chi connectivity index (χ2v) is 6.29. The third-order valence-corrected chi connectivity index (χ3v) is 4.82. The molecule has 1 N–H and O–H groups in total. The highest BCUT2D eigenvalue weighted by atomic mass is 35.5. The number of carbonyl (C=O) groups is 1. The van der Waals surface area contributed by atoms with Gasteiger partial charge in [0.15, 0.2) is 0 Å². The normalized spacial score (nSPS) is 17.5. The molecule has 1 aliphatic rings. The van der Waals surface area contributed by atoms with E-state index in [0.29, 0.717) is 12.1 Å². The van der Waals surface area contributed by atoms with Crippen LogP contribution in [0, 0.1) is 12.7 Å². The first-order chi connectivity index (χ1) is 11.0. The maximum Gasteiger partial charge on any atom is 0.338 e. The first-order valence-electron chi connectivity index (χ1n) is 7.50. The van der Waals surface area contributed by atoms with Crippen molar-refractivity contribution < 1.29 is 14.3 Å². The van der Waals surface area contributed by atoms with Gasteiger partial charge in [-0.05, 0) is 48.7 Å². The summed E-state index contributed by atoms with van der Waals surface area (Å²) in [6, 6.07) is 10.4. The molecule has 0 saturated carbocycles. The van der Waals surface area contributed by atoms with Crippen LogP contribution in [0.4, 0.5) is 10.1 Å². The average molecular weight is 334 g/mol. The van der Waals surface area contributed by atoms with Crippen LogP contribution in [-0.4, -0.2) is 24.2 Å². The van der Waals surface area contributed by atoms with Gasteiger partial charge in [-0.2, -0.15) is 0 Å². The highest BCUT2D eigenvalue weighted by Crippen LogP contribution is 2.34. The van der Waals surface area contributed by atoms with Crippen LogP contribution in [0.3, 0.4) is 0 Å². The van der Waals surface area contributed by atoms with Crippen LogP contribution in [0.1, 0.15) is 33.8 Å². The fourth-order valence-electron chi connectivity index (χ4n) is 3.10. The summed E-state index contributed by atoms with van der Waals surface area (Å²) in [5.74, 6) is -1.85. The number of benzene rings is 2. The second-order valence-electron chi connectivity index (χ2n) is 5.88. The van der Waals surface area contributed by atoms with Gasteiger partial charge in [0.05, 0.1) is 5.56 Å². The highest BCUT2D eigenvalue weighted by molar-refractivity contribution is 6.31. The molecule has 0 radical (unpaired) electrons. The Morgan fingerprint density at radius 3 is 2.83 bits per heavy atom. The van der Waals surface area contributed by atoms with E-state index in [0.717, 1.165) is 29.2 Å². The zero-order chi connectivity index (χ0) is 16.6. The molecule has 5 heteroatoms. The molecule has 1 atom stereocenters. The van der Waals surface area contributed by atoms with Crippen molar-refractivity contribution in [3.63, 3.8) is 0 Å². The number of carboxylic acids is 1. The van der Waals surface area contributed by atoms with Crippen molar-refractivity contribution in [2.75, 3.05) is 18.0 Å². The lowest BCUT2D eigenvalue weighted by atomic mass is 9.96. The molecular weight excluding hydrogens is 317 g/mol. The van der Waals surface area contributed by atoms with E-state index >= 15 is 0 Å². The Morgan fingerprint density at radius 2 is 2.13 bits per heavy atom. The van der Waals surface area contributed by atoms with Gasteiger partial charge >= 0.3 is 5.97 Å². The Balaban J connectivity index is 1.84. The zero-order valence-electron chi connectivity index (χ0n) is 12.7. The molecule has 1 fully saturated rings. The van der Waals surface area contributed by atoms with Crippen molar-refractivity contribution in [1.29, 1.82) is 0 Å². The zero-order valence-corrected chi connectivity index (χ0v) is 13.5. The highest BCUT2D eigenvalue weighted by Gasteiger charge is 2.28. The summed E-state index contributed by atoms with van der Waals surface area (Å²) in [5, 5.41) is 9.78. The maximum atomic E-state index is 14.4. The molecule has 120 valence electrons. The summed E-state index contributed by atoms with van der Waals surface area (Å²) in [6.07, 6.45) is 0.793.